The minimum atomic E-state index is -0.282. The molecule has 5 nitrogen and oxygen atoms in total. The molecule has 0 bridgehead atoms. The smallest absolute Gasteiger partial charge is 0.338 e. The van der Waals surface area contributed by atoms with Gasteiger partial charge in [0.2, 0.25) is 0 Å². The highest BCUT2D eigenvalue weighted by Gasteiger charge is 2.18. The largest absolute Gasteiger partial charge is 0.461 e. The fourth-order valence-electron chi connectivity index (χ4n) is 2.47. The molecule has 116 valence electrons. The van der Waals surface area contributed by atoms with Crippen molar-refractivity contribution in [2.45, 2.75) is 19.9 Å². The first-order chi connectivity index (χ1) is 10.1. The van der Waals surface area contributed by atoms with Crippen LogP contribution >= 0.6 is 0 Å². The van der Waals surface area contributed by atoms with E-state index in [1.165, 1.54) is 0 Å². The zero-order valence-electron chi connectivity index (χ0n) is 12.9. The third kappa shape index (κ3) is 4.72. The Balaban J connectivity index is 1.68. The molecule has 1 aromatic rings. The van der Waals surface area contributed by atoms with Gasteiger partial charge in [0.1, 0.15) is 6.61 Å². The second-order valence-corrected chi connectivity index (χ2v) is 5.73. The molecule has 0 atom stereocenters. The number of ether oxygens (including phenoxy) is 1. The van der Waals surface area contributed by atoms with Crippen molar-refractivity contribution in [1.29, 1.82) is 0 Å². The molecular formula is C16H25N3O2. The number of hydrogen-bond acceptors (Lipinski definition) is 5. The van der Waals surface area contributed by atoms with Gasteiger partial charge in [0.05, 0.1) is 5.56 Å². The van der Waals surface area contributed by atoms with Crippen LogP contribution in [0.15, 0.2) is 24.3 Å². The molecule has 0 unspecified atom stereocenters. The number of nitrogen functional groups attached to an aromatic ring is 1. The minimum absolute atomic E-state index is 0.282. The Morgan fingerprint density at radius 2 is 1.81 bits per heavy atom. The van der Waals surface area contributed by atoms with Crippen LogP contribution in [0, 0.1) is 0 Å². The number of hydrogen-bond donors (Lipinski definition) is 1. The summed E-state index contributed by atoms with van der Waals surface area (Å²) in [6.07, 6.45) is 0. The molecule has 1 saturated heterocycles. The van der Waals surface area contributed by atoms with Gasteiger partial charge < -0.3 is 10.5 Å². The maximum Gasteiger partial charge on any atom is 0.338 e. The van der Waals surface area contributed by atoms with Crippen LogP contribution < -0.4 is 5.73 Å². The maximum atomic E-state index is 11.8. The number of piperazine rings is 1. The van der Waals surface area contributed by atoms with Gasteiger partial charge in [-0.15, -0.1) is 0 Å². The normalized spacial score (nSPS) is 17.1. The van der Waals surface area contributed by atoms with Crippen LogP contribution in [0.2, 0.25) is 0 Å². The zero-order chi connectivity index (χ0) is 15.2. The summed E-state index contributed by atoms with van der Waals surface area (Å²) in [7, 11) is 0. The van der Waals surface area contributed by atoms with Crippen molar-refractivity contribution in [3.05, 3.63) is 29.8 Å². The Kier molecular flexibility index (Phi) is 5.59. The van der Waals surface area contributed by atoms with Crippen LogP contribution in [0.4, 0.5) is 5.69 Å². The lowest BCUT2D eigenvalue weighted by Crippen LogP contribution is -2.49. The van der Waals surface area contributed by atoms with Gasteiger partial charge in [-0.1, -0.05) is 0 Å². The highest BCUT2D eigenvalue weighted by Crippen LogP contribution is 2.08. The van der Waals surface area contributed by atoms with Gasteiger partial charge in [-0.05, 0) is 38.1 Å². The lowest BCUT2D eigenvalue weighted by molar-refractivity contribution is 0.0408. The Bertz CT molecular complexity index is 451. The fourth-order valence-corrected chi connectivity index (χ4v) is 2.47. The molecule has 21 heavy (non-hydrogen) atoms. The number of rotatable bonds is 5. The van der Waals surface area contributed by atoms with Gasteiger partial charge in [0.15, 0.2) is 0 Å². The Morgan fingerprint density at radius 1 is 1.19 bits per heavy atom. The van der Waals surface area contributed by atoms with Crippen molar-refractivity contribution >= 4 is 11.7 Å². The number of carbonyl (C=O) groups excluding carboxylic acids is 1. The summed E-state index contributed by atoms with van der Waals surface area (Å²) in [5, 5.41) is 0. The van der Waals surface area contributed by atoms with Crippen LogP contribution in [-0.2, 0) is 4.74 Å². The maximum absolute atomic E-state index is 11.8. The molecule has 2 rings (SSSR count). The van der Waals surface area contributed by atoms with Gasteiger partial charge in [0, 0.05) is 44.5 Å². The first kappa shape index (κ1) is 15.8. The zero-order valence-corrected chi connectivity index (χ0v) is 12.9. The van der Waals surface area contributed by atoms with Crippen molar-refractivity contribution < 1.29 is 9.53 Å². The molecule has 1 aliphatic rings. The van der Waals surface area contributed by atoms with E-state index in [2.05, 4.69) is 23.6 Å². The highest BCUT2D eigenvalue weighted by atomic mass is 16.5. The van der Waals surface area contributed by atoms with E-state index in [9.17, 15) is 4.79 Å². The molecule has 1 aliphatic heterocycles. The molecule has 0 aromatic heterocycles. The standard InChI is InChI=1S/C16H25N3O2/c1-13(2)19-9-7-18(8-10-19)11-12-21-16(20)14-3-5-15(17)6-4-14/h3-6,13H,7-12,17H2,1-2H3. The number of nitrogens with zero attached hydrogens (tertiary/aromatic N) is 2. The van der Waals surface area contributed by atoms with Crippen LogP contribution in [0.3, 0.4) is 0 Å². The molecular weight excluding hydrogens is 266 g/mol. The first-order valence-corrected chi connectivity index (χ1v) is 7.55. The van der Waals surface area contributed by atoms with E-state index in [-0.39, 0.29) is 5.97 Å². The van der Waals surface area contributed by atoms with E-state index in [4.69, 9.17) is 10.5 Å². The van der Waals surface area contributed by atoms with Gasteiger partial charge >= 0.3 is 5.97 Å². The van der Waals surface area contributed by atoms with Crippen molar-refractivity contribution in [2.24, 2.45) is 0 Å². The van der Waals surface area contributed by atoms with E-state index >= 15 is 0 Å². The third-order valence-electron chi connectivity index (χ3n) is 3.92. The molecule has 5 heteroatoms. The Hall–Kier alpha value is -1.59. The monoisotopic (exact) mass is 291 g/mol. The number of esters is 1. The summed E-state index contributed by atoms with van der Waals surface area (Å²) in [5.41, 5.74) is 6.79. The molecule has 1 heterocycles. The van der Waals surface area contributed by atoms with Crippen molar-refractivity contribution in [3.63, 3.8) is 0 Å². The summed E-state index contributed by atoms with van der Waals surface area (Å²) in [5.74, 6) is -0.282. The molecule has 0 spiro atoms. The summed E-state index contributed by atoms with van der Waals surface area (Å²) >= 11 is 0. The molecule has 0 aliphatic carbocycles. The van der Waals surface area contributed by atoms with Gasteiger partial charge in [-0.25, -0.2) is 4.79 Å². The molecule has 1 fully saturated rings. The third-order valence-corrected chi connectivity index (χ3v) is 3.92. The van der Waals surface area contributed by atoms with E-state index in [0.29, 0.717) is 23.9 Å². The van der Waals surface area contributed by atoms with Crippen LogP contribution in [0.5, 0.6) is 0 Å². The SMILES string of the molecule is CC(C)N1CCN(CCOC(=O)c2ccc(N)cc2)CC1. The number of carbonyl (C=O) groups is 1. The lowest BCUT2D eigenvalue weighted by atomic mass is 10.2. The quantitative estimate of drug-likeness (QED) is 0.657. The minimum Gasteiger partial charge on any atom is -0.461 e. The fraction of sp³-hybridized carbons (Fsp3) is 0.562. The Labute approximate surface area is 126 Å². The topological polar surface area (TPSA) is 58.8 Å². The lowest BCUT2D eigenvalue weighted by Gasteiger charge is -2.36. The van der Waals surface area contributed by atoms with Crippen LogP contribution in [-0.4, -0.2) is 61.1 Å². The average Bonchev–Trinajstić information content (AvgIpc) is 2.48. The summed E-state index contributed by atoms with van der Waals surface area (Å²) < 4.78 is 5.31. The number of anilines is 1. The predicted molar refractivity (Wildman–Crippen MR) is 84.3 cm³/mol. The van der Waals surface area contributed by atoms with E-state index in [0.717, 1.165) is 32.7 Å². The van der Waals surface area contributed by atoms with Gasteiger partial charge in [0.25, 0.3) is 0 Å². The summed E-state index contributed by atoms with van der Waals surface area (Å²) in [6.45, 7) is 9.94. The number of benzene rings is 1. The van der Waals surface area contributed by atoms with Crippen LogP contribution in [0.1, 0.15) is 24.2 Å². The van der Waals surface area contributed by atoms with Crippen LogP contribution in [0.25, 0.3) is 0 Å². The van der Waals surface area contributed by atoms with Gasteiger partial charge in [-0.3, -0.25) is 9.80 Å². The molecule has 0 saturated carbocycles. The number of nitrogens with two attached hydrogens (primary N) is 1. The predicted octanol–water partition coefficient (Wildman–Crippen LogP) is 1.45. The molecule has 1 aromatic carbocycles. The highest BCUT2D eigenvalue weighted by molar-refractivity contribution is 5.89. The summed E-state index contributed by atoms with van der Waals surface area (Å²) in [4.78, 5) is 16.7. The first-order valence-electron chi connectivity index (χ1n) is 7.55. The van der Waals surface area contributed by atoms with Crippen molar-refractivity contribution in [3.8, 4) is 0 Å². The second-order valence-electron chi connectivity index (χ2n) is 5.73. The van der Waals surface area contributed by atoms with Gasteiger partial charge in [-0.2, -0.15) is 0 Å². The Morgan fingerprint density at radius 3 is 2.38 bits per heavy atom. The molecule has 0 amide bonds. The van der Waals surface area contributed by atoms with E-state index in [1.807, 2.05) is 0 Å². The summed E-state index contributed by atoms with van der Waals surface area (Å²) in [6, 6.07) is 7.41. The average molecular weight is 291 g/mol. The van der Waals surface area contributed by atoms with E-state index < -0.39 is 0 Å². The molecule has 2 N–H and O–H groups in total. The molecule has 0 radical (unpaired) electrons. The van der Waals surface area contributed by atoms with Crippen molar-refractivity contribution in [2.75, 3.05) is 45.1 Å². The van der Waals surface area contributed by atoms with Crippen molar-refractivity contribution in [1.82, 2.24) is 9.80 Å². The second kappa shape index (κ2) is 7.43. The van der Waals surface area contributed by atoms with E-state index in [1.54, 1.807) is 24.3 Å².